The van der Waals surface area contributed by atoms with Crippen LogP contribution in [0.4, 0.5) is 0 Å². The second-order valence-electron chi connectivity index (χ2n) is 4.94. The summed E-state index contributed by atoms with van der Waals surface area (Å²) < 4.78 is 5.19. The highest BCUT2D eigenvalue weighted by Gasteiger charge is 2.26. The van der Waals surface area contributed by atoms with Crippen molar-refractivity contribution in [2.75, 3.05) is 19.7 Å². The molecule has 1 saturated heterocycles. The average Bonchev–Trinajstić information content (AvgIpc) is 2.41. The van der Waals surface area contributed by atoms with Gasteiger partial charge in [-0.3, -0.25) is 9.69 Å². The lowest BCUT2D eigenvalue weighted by Gasteiger charge is -2.31. The van der Waals surface area contributed by atoms with Crippen LogP contribution in [-0.2, 0) is 16.1 Å². The fraction of sp³-hybridized carbons (Fsp3) is 0.429. The Hall–Kier alpha value is -1.92. The second-order valence-corrected chi connectivity index (χ2v) is 4.94. The average molecular weight is 278 g/mol. The number of carbonyl (C=O) groups excluding carboxylic acids is 1. The fourth-order valence-electron chi connectivity index (χ4n) is 2.26. The summed E-state index contributed by atoms with van der Waals surface area (Å²) in [5.74, 6) is -1.38. The van der Waals surface area contributed by atoms with Gasteiger partial charge in [0, 0.05) is 25.2 Å². The van der Waals surface area contributed by atoms with Gasteiger partial charge in [0.15, 0.2) is 6.10 Å². The van der Waals surface area contributed by atoms with E-state index in [2.05, 4.69) is 0 Å². The molecule has 1 atom stereocenters. The van der Waals surface area contributed by atoms with Gasteiger partial charge in [0.25, 0.3) is 0 Å². The van der Waals surface area contributed by atoms with Gasteiger partial charge in [0.1, 0.15) is 0 Å². The van der Waals surface area contributed by atoms with E-state index >= 15 is 0 Å². The highest BCUT2D eigenvalue weighted by Crippen LogP contribution is 2.15. The molecule has 108 valence electrons. The minimum atomic E-state index is -0.935. The summed E-state index contributed by atoms with van der Waals surface area (Å²) in [5, 5.41) is 8.97. The van der Waals surface area contributed by atoms with E-state index in [9.17, 15) is 9.59 Å². The largest absolute Gasteiger partial charge is 0.479 e. The molecule has 6 nitrogen and oxygen atoms in total. The Labute approximate surface area is 117 Å². The van der Waals surface area contributed by atoms with Crippen molar-refractivity contribution in [1.29, 1.82) is 0 Å². The molecule has 1 unspecified atom stereocenters. The first-order valence-corrected chi connectivity index (χ1v) is 6.43. The maximum atomic E-state index is 11.1. The van der Waals surface area contributed by atoms with E-state index in [1.54, 1.807) is 12.1 Å². The molecule has 0 saturated carbocycles. The molecule has 1 aromatic rings. The first-order chi connectivity index (χ1) is 9.47. The number of morpholine rings is 1. The Kier molecular flexibility index (Phi) is 4.36. The molecular formula is C14H18N2O4. The molecule has 1 fully saturated rings. The number of nitrogens with two attached hydrogens (primary N) is 1. The van der Waals surface area contributed by atoms with Crippen molar-refractivity contribution < 1.29 is 19.4 Å². The van der Waals surface area contributed by atoms with Crippen LogP contribution in [0.1, 0.15) is 21.5 Å². The predicted molar refractivity (Wildman–Crippen MR) is 72.3 cm³/mol. The molecule has 1 heterocycles. The summed E-state index contributed by atoms with van der Waals surface area (Å²) >= 11 is 0. The minimum absolute atomic E-state index is 0.367. The monoisotopic (exact) mass is 278 g/mol. The SMILES string of the molecule is Cc1cc(C(N)=O)ccc1CN1CCOC(C(=O)O)C1. The molecule has 1 amide bonds. The van der Waals surface area contributed by atoms with Crippen molar-refractivity contribution >= 4 is 11.9 Å². The van der Waals surface area contributed by atoms with E-state index in [1.807, 2.05) is 17.9 Å². The van der Waals surface area contributed by atoms with Crippen LogP contribution < -0.4 is 5.73 Å². The number of amides is 1. The lowest BCUT2D eigenvalue weighted by Crippen LogP contribution is -2.45. The molecule has 0 spiro atoms. The van der Waals surface area contributed by atoms with Crippen LogP contribution in [-0.4, -0.2) is 47.7 Å². The minimum Gasteiger partial charge on any atom is -0.479 e. The van der Waals surface area contributed by atoms with Gasteiger partial charge in [0.05, 0.1) is 6.61 Å². The van der Waals surface area contributed by atoms with Gasteiger partial charge in [0.2, 0.25) is 5.91 Å². The molecule has 0 radical (unpaired) electrons. The Bertz CT molecular complexity index is 530. The summed E-state index contributed by atoms with van der Waals surface area (Å²) in [6.07, 6.45) is -0.769. The molecule has 1 aliphatic heterocycles. The first-order valence-electron chi connectivity index (χ1n) is 6.43. The van der Waals surface area contributed by atoms with Crippen molar-refractivity contribution in [3.8, 4) is 0 Å². The predicted octanol–water partition coefficient (Wildman–Crippen LogP) is 0.379. The molecule has 20 heavy (non-hydrogen) atoms. The Balaban J connectivity index is 2.06. The smallest absolute Gasteiger partial charge is 0.334 e. The molecule has 1 aromatic carbocycles. The first kappa shape index (κ1) is 14.5. The van der Waals surface area contributed by atoms with E-state index in [0.717, 1.165) is 11.1 Å². The van der Waals surface area contributed by atoms with Crippen molar-refractivity contribution in [2.45, 2.75) is 19.6 Å². The van der Waals surface area contributed by atoms with E-state index in [1.165, 1.54) is 0 Å². The van der Waals surface area contributed by atoms with E-state index in [4.69, 9.17) is 15.6 Å². The van der Waals surface area contributed by atoms with Crippen LogP contribution in [0.3, 0.4) is 0 Å². The van der Waals surface area contributed by atoms with Gasteiger partial charge in [-0.2, -0.15) is 0 Å². The number of carboxylic acid groups (broad SMARTS) is 1. The van der Waals surface area contributed by atoms with E-state index in [0.29, 0.717) is 31.8 Å². The molecule has 2 rings (SSSR count). The number of rotatable bonds is 4. The van der Waals surface area contributed by atoms with Crippen molar-refractivity contribution in [2.24, 2.45) is 5.73 Å². The quantitative estimate of drug-likeness (QED) is 0.830. The van der Waals surface area contributed by atoms with Crippen LogP contribution in [0.5, 0.6) is 0 Å². The van der Waals surface area contributed by atoms with Gasteiger partial charge in [-0.15, -0.1) is 0 Å². The number of primary amides is 1. The summed E-state index contributed by atoms with van der Waals surface area (Å²) in [6.45, 7) is 4.03. The van der Waals surface area contributed by atoms with Gasteiger partial charge in [-0.25, -0.2) is 4.79 Å². The number of hydrogen-bond donors (Lipinski definition) is 2. The third-order valence-corrected chi connectivity index (χ3v) is 3.45. The zero-order valence-corrected chi connectivity index (χ0v) is 11.3. The van der Waals surface area contributed by atoms with Crippen LogP contribution in [0.2, 0.25) is 0 Å². The third-order valence-electron chi connectivity index (χ3n) is 3.45. The number of nitrogens with zero attached hydrogens (tertiary/aromatic N) is 1. The molecule has 0 aromatic heterocycles. The van der Waals surface area contributed by atoms with Gasteiger partial charge < -0.3 is 15.6 Å². The molecule has 0 aliphatic carbocycles. The number of hydrogen-bond acceptors (Lipinski definition) is 4. The molecule has 3 N–H and O–H groups in total. The highest BCUT2D eigenvalue weighted by atomic mass is 16.5. The van der Waals surface area contributed by atoms with Crippen molar-refractivity contribution in [1.82, 2.24) is 4.90 Å². The van der Waals surface area contributed by atoms with Gasteiger partial charge >= 0.3 is 5.97 Å². The number of ether oxygens (including phenoxy) is 1. The number of aryl methyl sites for hydroxylation is 1. The van der Waals surface area contributed by atoms with Gasteiger partial charge in [-0.1, -0.05) is 6.07 Å². The number of aliphatic carboxylic acids is 1. The standard InChI is InChI=1S/C14H18N2O4/c1-9-6-10(13(15)17)2-3-11(9)7-16-4-5-20-12(8-16)14(18)19/h2-3,6,12H,4-5,7-8H2,1H3,(H2,15,17)(H,18,19). The Morgan fingerprint density at radius 1 is 1.50 bits per heavy atom. The fourth-order valence-corrected chi connectivity index (χ4v) is 2.26. The van der Waals surface area contributed by atoms with Crippen LogP contribution in [0.25, 0.3) is 0 Å². The van der Waals surface area contributed by atoms with Crippen LogP contribution >= 0.6 is 0 Å². The normalized spacial score (nSPS) is 19.8. The van der Waals surface area contributed by atoms with Crippen LogP contribution in [0, 0.1) is 6.92 Å². The zero-order chi connectivity index (χ0) is 14.7. The lowest BCUT2D eigenvalue weighted by atomic mass is 10.0. The molecular weight excluding hydrogens is 260 g/mol. The lowest BCUT2D eigenvalue weighted by molar-refractivity contribution is -0.156. The zero-order valence-electron chi connectivity index (χ0n) is 11.3. The summed E-state index contributed by atoms with van der Waals surface area (Å²) in [6, 6.07) is 5.31. The number of carboxylic acids is 1. The van der Waals surface area contributed by atoms with E-state index < -0.39 is 18.0 Å². The van der Waals surface area contributed by atoms with Crippen molar-refractivity contribution in [3.05, 3.63) is 34.9 Å². The second kappa shape index (κ2) is 6.02. The number of benzene rings is 1. The van der Waals surface area contributed by atoms with Gasteiger partial charge in [-0.05, 0) is 30.2 Å². The Morgan fingerprint density at radius 2 is 2.25 bits per heavy atom. The molecule has 6 heteroatoms. The third kappa shape index (κ3) is 3.34. The topological polar surface area (TPSA) is 92.9 Å². The highest BCUT2D eigenvalue weighted by molar-refractivity contribution is 5.93. The molecule has 0 bridgehead atoms. The molecule has 1 aliphatic rings. The maximum absolute atomic E-state index is 11.1. The van der Waals surface area contributed by atoms with E-state index in [-0.39, 0.29) is 0 Å². The maximum Gasteiger partial charge on any atom is 0.334 e. The summed E-state index contributed by atoms with van der Waals surface area (Å²) in [7, 11) is 0. The summed E-state index contributed by atoms with van der Waals surface area (Å²) in [5.41, 5.74) is 7.75. The Morgan fingerprint density at radius 3 is 2.85 bits per heavy atom. The number of carbonyl (C=O) groups is 2. The van der Waals surface area contributed by atoms with Crippen LogP contribution in [0.15, 0.2) is 18.2 Å². The van der Waals surface area contributed by atoms with Crippen molar-refractivity contribution in [3.63, 3.8) is 0 Å². The summed E-state index contributed by atoms with van der Waals surface area (Å²) in [4.78, 5) is 24.1.